The third kappa shape index (κ3) is 5.13. The molecule has 0 bridgehead atoms. The average molecular weight is 423 g/mol. The highest BCUT2D eigenvalue weighted by Gasteiger charge is 2.27. The van der Waals surface area contributed by atoms with E-state index in [0.717, 1.165) is 48.2 Å². The Kier molecular flexibility index (Phi) is 6.96. The molecule has 0 radical (unpaired) electrons. The summed E-state index contributed by atoms with van der Waals surface area (Å²) in [5, 5.41) is 1.40. The Balaban J connectivity index is 1.61. The molecule has 1 aliphatic rings. The molecule has 0 aromatic heterocycles. The second kappa shape index (κ2) is 9.22. The average Bonchev–Trinajstić information content (AvgIpc) is 2.69. The van der Waals surface area contributed by atoms with Gasteiger partial charge < -0.3 is 9.80 Å². The predicted octanol–water partition coefficient (Wildman–Crippen LogP) is 5.52. The van der Waals surface area contributed by atoms with Crippen LogP contribution in [0.5, 0.6) is 0 Å². The lowest BCUT2D eigenvalue weighted by atomic mass is 10.1. The molecule has 3 nitrogen and oxygen atoms in total. The van der Waals surface area contributed by atoms with Gasteiger partial charge in [-0.05, 0) is 55.3 Å². The van der Waals surface area contributed by atoms with E-state index >= 15 is 0 Å². The van der Waals surface area contributed by atoms with E-state index in [4.69, 9.17) is 23.2 Å². The van der Waals surface area contributed by atoms with Crippen molar-refractivity contribution in [1.82, 2.24) is 4.90 Å². The number of carbonyl (C=O) groups excluding carboxylic acids is 1. The third-order valence-electron chi connectivity index (χ3n) is 4.84. The summed E-state index contributed by atoms with van der Waals surface area (Å²) in [5.74, 6) is 0.222. The van der Waals surface area contributed by atoms with Gasteiger partial charge in [0.25, 0.3) is 0 Å². The fourth-order valence-electron chi connectivity index (χ4n) is 3.28. The van der Waals surface area contributed by atoms with E-state index in [1.165, 1.54) is 5.56 Å². The number of halogens is 2. The summed E-state index contributed by atoms with van der Waals surface area (Å²) < 4.78 is 0. The zero-order valence-electron chi connectivity index (χ0n) is 15.6. The van der Waals surface area contributed by atoms with Gasteiger partial charge in [-0.2, -0.15) is 0 Å². The zero-order chi connectivity index (χ0) is 19.4. The first-order chi connectivity index (χ1) is 13.0. The highest BCUT2D eigenvalue weighted by atomic mass is 35.5. The number of nitrogens with zero attached hydrogens (tertiary/aromatic N) is 2. The Labute approximate surface area is 175 Å². The standard InChI is InChI=1S/C21H24Cl2N2OS/c1-3-20(27-18-8-6-16(22)7-9-18)21(26)25-12-10-24(11-13-25)19-14-17(23)5-4-15(19)2/h4-9,14,20H,3,10-13H2,1-2H3. The van der Waals surface area contributed by atoms with Gasteiger partial charge in [-0.25, -0.2) is 0 Å². The molecule has 1 amide bonds. The van der Waals surface area contributed by atoms with Crippen LogP contribution in [0, 0.1) is 6.92 Å². The van der Waals surface area contributed by atoms with Crippen LogP contribution < -0.4 is 4.90 Å². The van der Waals surface area contributed by atoms with Gasteiger partial charge >= 0.3 is 0 Å². The maximum atomic E-state index is 13.0. The lowest BCUT2D eigenvalue weighted by molar-refractivity contribution is -0.130. The summed E-state index contributed by atoms with van der Waals surface area (Å²) in [6.07, 6.45) is 0.805. The minimum atomic E-state index is -0.0642. The van der Waals surface area contributed by atoms with Crippen molar-refractivity contribution in [1.29, 1.82) is 0 Å². The molecule has 0 saturated carbocycles. The van der Waals surface area contributed by atoms with E-state index in [0.29, 0.717) is 5.02 Å². The quantitative estimate of drug-likeness (QED) is 0.592. The molecule has 2 aromatic carbocycles. The monoisotopic (exact) mass is 422 g/mol. The van der Waals surface area contributed by atoms with Gasteiger partial charge in [0.15, 0.2) is 0 Å². The molecular formula is C21H24Cl2N2OS. The van der Waals surface area contributed by atoms with Crippen molar-refractivity contribution in [3.05, 3.63) is 58.1 Å². The first kappa shape index (κ1) is 20.4. The maximum absolute atomic E-state index is 13.0. The first-order valence-electron chi connectivity index (χ1n) is 9.20. The molecule has 1 saturated heterocycles. The molecule has 1 fully saturated rings. The molecule has 1 heterocycles. The highest BCUT2D eigenvalue weighted by molar-refractivity contribution is 8.00. The molecule has 1 unspecified atom stereocenters. The molecule has 0 spiro atoms. The van der Waals surface area contributed by atoms with Crippen molar-refractivity contribution in [3.63, 3.8) is 0 Å². The molecule has 0 N–H and O–H groups in total. The number of aryl methyl sites for hydroxylation is 1. The highest BCUT2D eigenvalue weighted by Crippen LogP contribution is 2.29. The summed E-state index contributed by atoms with van der Waals surface area (Å²) in [6, 6.07) is 13.7. The molecular weight excluding hydrogens is 399 g/mol. The van der Waals surface area contributed by atoms with Gasteiger partial charge in [-0.3, -0.25) is 4.79 Å². The van der Waals surface area contributed by atoms with Crippen molar-refractivity contribution < 1.29 is 4.79 Å². The van der Waals surface area contributed by atoms with Gasteiger partial charge in [-0.15, -0.1) is 11.8 Å². The Bertz CT molecular complexity index is 789. The number of piperazine rings is 1. The first-order valence-corrected chi connectivity index (χ1v) is 10.8. The maximum Gasteiger partial charge on any atom is 0.236 e. The van der Waals surface area contributed by atoms with Gasteiger partial charge in [0.2, 0.25) is 5.91 Å². The lowest BCUT2D eigenvalue weighted by Gasteiger charge is -2.38. The number of rotatable bonds is 5. The summed E-state index contributed by atoms with van der Waals surface area (Å²) in [4.78, 5) is 18.4. The van der Waals surface area contributed by atoms with E-state index in [1.54, 1.807) is 11.8 Å². The number of hydrogen-bond donors (Lipinski definition) is 0. The molecule has 3 rings (SSSR count). The third-order valence-corrected chi connectivity index (χ3v) is 6.69. The van der Waals surface area contributed by atoms with Gasteiger partial charge in [-0.1, -0.05) is 36.2 Å². The second-order valence-electron chi connectivity index (χ2n) is 6.71. The number of thioether (sulfide) groups is 1. The van der Waals surface area contributed by atoms with Crippen molar-refractivity contribution in [2.45, 2.75) is 30.4 Å². The SMILES string of the molecule is CCC(Sc1ccc(Cl)cc1)C(=O)N1CCN(c2cc(Cl)ccc2C)CC1. The van der Waals surface area contributed by atoms with Crippen molar-refractivity contribution >= 4 is 46.6 Å². The van der Waals surface area contributed by atoms with Gasteiger partial charge in [0.05, 0.1) is 5.25 Å². The molecule has 0 aliphatic carbocycles. The molecule has 27 heavy (non-hydrogen) atoms. The largest absolute Gasteiger partial charge is 0.368 e. The topological polar surface area (TPSA) is 23.6 Å². The smallest absolute Gasteiger partial charge is 0.236 e. The van der Waals surface area contributed by atoms with Crippen LogP contribution in [0.1, 0.15) is 18.9 Å². The van der Waals surface area contributed by atoms with E-state index in [2.05, 4.69) is 18.7 Å². The minimum absolute atomic E-state index is 0.0642. The van der Waals surface area contributed by atoms with Crippen LogP contribution in [0.3, 0.4) is 0 Å². The summed E-state index contributed by atoms with van der Waals surface area (Å²) in [6.45, 7) is 7.30. The molecule has 1 aliphatic heterocycles. The Morgan fingerprint density at radius 3 is 2.30 bits per heavy atom. The van der Waals surface area contributed by atoms with Crippen LogP contribution >= 0.6 is 35.0 Å². The normalized spacial score (nSPS) is 15.7. The van der Waals surface area contributed by atoms with Crippen molar-refractivity contribution in [3.8, 4) is 0 Å². The second-order valence-corrected chi connectivity index (χ2v) is 8.86. The van der Waals surface area contributed by atoms with E-state index in [9.17, 15) is 4.79 Å². The fraction of sp³-hybridized carbons (Fsp3) is 0.381. The summed E-state index contributed by atoms with van der Waals surface area (Å²) in [5.41, 5.74) is 2.38. The molecule has 1 atom stereocenters. The number of benzene rings is 2. The Hall–Kier alpha value is -1.36. The summed E-state index contributed by atoms with van der Waals surface area (Å²) >= 11 is 13.7. The van der Waals surface area contributed by atoms with Crippen LogP contribution in [-0.2, 0) is 4.79 Å². The van der Waals surface area contributed by atoms with Crippen molar-refractivity contribution in [2.24, 2.45) is 0 Å². The minimum Gasteiger partial charge on any atom is -0.368 e. The zero-order valence-corrected chi connectivity index (χ0v) is 17.9. The van der Waals surface area contributed by atoms with Crippen LogP contribution in [0.2, 0.25) is 10.0 Å². The molecule has 144 valence electrons. The number of amides is 1. The van der Waals surface area contributed by atoms with Crippen LogP contribution in [0.25, 0.3) is 0 Å². The predicted molar refractivity (Wildman–Crippen MR) is 116 cm³/mol. The van der Waals surface area contributed by atoms with Crippen LogP contribution in [0.4, 0.5) is 5.69 Å². The van der Waals surface area contributed by atoms with Gasteiger partial charge in [0.1, 0.15) is 0 Å². The van der Waals surface area contributed by atoms with Gasteiger partial charge in [0, 0.05) is 46.8 Å². The van der Waals surface area contributed by atoms with E-state index in [-0.39, 0.29) is 11.2 Å². The van der Waals surface area contributed by atoms with Crippen LogP contribution in [-0.4, -0.2) is 42.2 Å². The number of carbonyl (C=O) groups is 1. The lowest BCUT2D eigenvalue weighted by Crippen LogP contribution is -2.51. The molecule has 6 heteroatoms. The Morgan fingerprint density at radius 2 is 1.67 bits per heavy atom. The fourth-order valence-corrected chi connectivity index (χ4v) is 4.61. The van der Waals surface area contributed by atoms with Crippen LogP contribution in [0.15, 0.2) is 47.4 Å². The van der Waals surface area contributed by atoms with Crippen molar-refractivity contribution in [2.75, 3.05) is 31.1 Å². The summed E-state index contributed by atoms with van der Waals surface area (Å²) in [7, 11) is 0. The molecule has 2 aromatic rings. The van der Waals surface area contributed by atoms with E-state index < -0.39 is 0 Å². The van der Waals surface area contributed by atoms with E-state index in [1.807, 2.05) is 47.4 Å². The number of anilines is 1. The number of hydrogen-bond acceptors (Lipinski definition) is 3. The Morgan fingerprint density at radius 1 is 1.04 bits per heavy atom.